The molecular weight excluding hydrogens is 332 g/mol. The molecule has 7 heteroatoms. The predicted octanol–water partition coefficient (Wildman–Crippen LogP) is 2.35. The van der Waals surface area contributed by atoms with Crippen molar-refractivity contribution < 1.29 is 9.72 Å². The number of rotatable bonds is 5. The third-order valence-electron chi connectivity index (χ3n) is 4.36. The number of piperazine rings is 1. The van der Waals surface area contributed by atoms with Gasteiger partial charge in [-0.15, -0.1) is 0 Å². The number of benzene rings is 1. The van der Waals surface area contributed by atoms with Crippen LogP contribution in [0.25, 0.3) is 6.08 Å². The van der Waals surface area contributed by atoms with Crippen LogP contribution in [-0.2, 0) is 11.3 Å². The van der Waals surface area contributed by atoms with Crippen LogP contribution < -0.4 is 0 Å². The molecule has 1 aliphatic heterocycles. The first-order valence-corrected chi connectivity index (χ1v) is 8.44. The number of nitro benzene ring substituents is 1. The van der Waals surface area contributed by atoms with Gasteiger partial charge in [0.05, 0.1) is 4.92 Å². The molecule has 3 rings (SSSR count). The highest BCUT2D eigenvalue weighted by atomic mass is 16.6. The number of non-ortho nitro benzene ring substituents is 1. The summed E-state index contributed by atoms with van der Waals surface area (Å²) < 4.78 is 0. The third kappa shape index (κ3) is 4.73. The predicted molar refractivity (Wildman–Crippen MR) is 98.2 cm³/mol. The molecule has 0 radical (unpaired) electrons. The van der Waals surface area contributed by atoms with E-state index in [1.54, 1.807) is 30.6 Å². The first-order chi connectivity index (χ1) is 12.6. The van der Waals surface area contributed by atoms with E-state index in [1.165, 1.54) is 23.8 Å². The number of aromatic nitrogens is 1. The Morgan fingerprint density at radius 2 is 1.73 bits per heavy atom. The summed E-state index contributed by atoms with van der Waals surface area (Å²) in [6, 6.07) is 10.1. The van der Waals surface area contributed by atoms with Gasteiger partial charge in [0.1, 0.15) is 0 Å². The van der Waals surface area contributed by atoms with Crippen LogP contribution in [0.4, 0.5) is 5.69 Å². The molecule has 0 saturated carbocycles. The van der Waals surface area contributed by atoms with E-state index in [0.717, 1.165) is 25.2 Å². The molecule has 1 aromatic heterocycles. The van der Waals surface area contributed by atoms with Crippen LogP contribution in [0, 0.1) is 10.1 Å². The second kappa shape index (κ2) is 8.35. The van der Waals surface area contributed by atoms with Crippen molar-refractivity contribution in [2.45, 2.75) is 6.54 Å². The molecule has 1 saturated heterocycles. The number of nitrogens with zero attached hydrogens (tertiary/aromatic N) is 4. The van der Waals surface area contributed by atoms with E-state index in [4.69, 9.17) is 0 Å². The fourth-order valence-electron chi connectivity index (χ4n) is 2.85. The maximum atomic E-state index is 12.3. The Morgan fingerprint density at radius 3 is 2.35 bits per heavy atom. The zero-order valence-electron chi connectivity index (χ0n) is 14.3. The van der Waals surface area contributed by atoms with Gasteiger partial charge in [-0.25, -0.2) is 0 Å². The van der Waals surface area contributed by atoms with Gasteiger partial charge < -0.3 is 4.90 Å². The van der Waals surface area contributed by atoms with Crippen molar-refractivity contribution in [3.63, 3.8) is 0 Å². The summed E-state index contributed by atoms with van der Waals surface area (Å²) in [5.74, 6) is -0.0353. The molecular formula is C19H20N4O3. The van der Waals surface area contributed by atoms with E-state index in [2.05, 4.69) is 9.88 Å². The highest BCUT2D eigenvalue weighted by Gasteiger charge is 2.19. The summed E-state index contributed by atoms with van der Waals surface area (Å²) in [7, 11) is 0. The fraction of sp³-hybridized carbons (Fsp3) is 0.263. The molecule has 1 aromatic carbocycles. The van der Waals surface area contributed by atoms with Gasteiger partial charge in [-0.3, -0.25) is 24.8 Å². The lowest BCUT2D eigenvalue weighted by atomic mass is 10.2. The summed E-state index contributed by atoms with van der Waals surface area (Å²) in [6.07, 6.45) is 6.80. The Balaban J connectivity index is 1.49. The molecule has 1 fully saturated rings. The molecule has 1 aliphatic rings. The van der Waals surface area contributed by atoms with Crippen molar-refractivity contribution in [1.29, 1.82) is 0 Å². The van der Waals surface area contributed by atoms with Gasteiger partial charge in [-0.2, -0.15) is 0 Å². The SMILES string of the molecule is O=C(/C=C/c1ccc([N+](=O)[O-])cc1)N1CCN(Cc2ccncc2)CC1. The lowest BCUT2D eigenvalue weighted by Gasteiger charge is -2.34. The molecule has 2 heterocycles. The molecule has 0 atom stereocenters. The summed E-state index contributed by atoms with van der Waals surface area (Å²) in [4.78, 5) is 30.7. The molecule has 0 bridgehead atoms. The third-order valence-corrected chi connectivity index (χ3v) is 4.36. The molecule has 7 nitrogen and oxygen atoms in total. The van der Waals surface area contributed by atoms with Crippen molar-refractivity contribution >= 4 is 17.7 Å². The van der Waals surface area contributed by atoms with E-state index in [1.807, 2.05) is 17.0 Å². The smallest absolute Gasteiger partial charge is 0.269 e. The summed E-state index contributed by atoms with van der Waals surface area (Å²) in [5, 5.41) is 10.6. The van der Waals surface area contributed by atoms with Crippen molar-refractivity contribution in [2.75, 3.05) is 26.2 Å². The topological polar surface area (TPSA) is 79.6 Å². The van der Waals surface area contributed by atoms with Gasteiger partial charge in [-0.05, 0) is 41.5 Å². The van der Waals surface area contributed by atoms with Crippen LogP contribution in [0.2, 0.25) is 0 Å². The van der Waals surface area contributed by atoms with E-state index in [0.29, 0.717) is 13.1 Å². The summed E-state index contributed by atoms with van der Waals surface area (Å²) in [6.45, 7) is 3.91. The van der Waals surface area contributed by atoms with Crippen LogP contribution in [0.1, 0.15) is 11.1 Å². The van der Waals surface area contributed by atoms with Gasteiger partial charge >= 0.3 is 0 Å². The van der Waals surface area contributed by atoms with Crippen molar-refractivity contribution in [3.05, 3.63) is 76.1 Å². The lowest BCUT2D eigenvalue weighted by molar-refractivity contribution is -0.384. The van der Waals surface area contributed by atoms with Crippen LogP contribution in [0.15, 0.2) is 54.9 Å². The molecule has 26 heavy (non-hydrogen) atoms. The average Bonchev–Trinajstić information content (AvgIpc) is 2.68. The molecule has 134 valence electrons. The van der Waals surface area contributed by atoms with E-state index in [-0.39, 0.29) is 11.6 Å². The van der Waals surface area contributed by atoms with Crippen LogP contribution >= 0.6 is 0 Å². The lowest BCUT2D eigenvalue weighted by Crippen LogP contribution is -2.47. The Bertz CT molecular complexity index is 782. The highest BCUT2D eigenvalue weighted by molar-refractivity contribution is 5.91. The fourth-order valence-corrected chi connectivity index (χ4v) is 2.85. The van der Waals surface area contributed by atoms with Crippen molar-refractivity contribution in [3.8, 4) is 0 Å². The monoisotopic (exact) mass is 352 g/mol. The van der Waals surface area contributed by atoms with Crippen LogP contribution in [-0.4, -0.2) is 51.8 Å². The Hall–Kier alpha value is -3.06. The maximum absolute atomic E-state index is 12.3. The van der Waals surface area contributed by atoms with Crippen molar-refractivity contribution in [1.82, 2.24) is 14.8 Å². The standard InChI is InChI=1S/C19H20N4O3/c24-19(6-3-16-1-4-18(5-2-16)23(25)26)22-13-11-21(12-14-22)15-17-7-9-20-10-8-17/h1-10H,11-15H2/b6-3+. The van der Waals surface area contributed by atoms with E-state index >= 15 is 0 Å². The first-order valence-electron chi connectivity index (χ1n) is 8.44. The minimum absolute atomic E-state index is 0.0353. The van der Waals surface area contributed by atoms with Gasteiger partial charge in [-0.1, -0.05) is 0 Å². The van der Waals surface area contributed by atoms with Crippen LogP contribution in [0.3, 0.4) is 0 Å². The molecule has 2 aromatic rings. The number of pyridine rings is 1. The minimum Gasteiger partial charge on any atom is -0.337 e. The number of hydrogen-bond acceptors (Lipinski definition) is 5. The molecule has 1 amide bonds. The second-order valence-electron chi connectivity index (χ2n) is 6.14. The first kappa shape index (κ1) is 17.8. The van der Waals surface area contributed by atoms with E-state index < -0.39 is 4.92 Å². The Morgan fingerprint density at radius 1 is 1.08 bits per heavy atom. The molecule has 0 aliphatic carbocycles. The van der Waals surface area contributed by atoms with Gasteiger partial charge in [0.15, 0.2) is 0 Å². The van der Waals surface area contributed by atoms with Gasteiger partial charge in [0.25, 0.3) is 5.69 Å². The summed E-state index contributed by atoms with van der Waals surface area (Å²) in [5.41, 5.74) is 2.02. The largest absolute Gasteiger partial charge is 0.337 e. The number of nitro groups is 1. The van der Waals surface area contributed by atoms with Crippen molar-refractivity contribution in [2.24, 2.45) is 0 Å². The molecule has 0 N–H and O–H groups in total. The zero-order valence-corrected chi connectivity index (χ0v) is 14.3. The van der Waals surface area contributed by atoms with Crippen LogP contribution in [0.5, 0.6) is 0 Å². The second-order valence-corrected chi connectivity index (χ2v) is 6.14. The van der Waals surface area contributed by atoms with E-state index in [9.17, 15) is 14.9 Å². The number of amides is 1. The highest BCUT2D eigenvalue weighted by Crippen LogP contribution is 2.13. The average molecular weight is 352 g/mol. The normalized spacial score (nSPS) is 15.3. The number of carbonyl (C=O) groups excluding carboxylic acids is 1. The minimum atomic E-state index is -0.440. The Labute approximate surface area is 151 Å². The zero-order chi connectivity index (χ0) is 18.4. The Kier molecular flexibility index (Phi) is 5.70. The van der Waals surface area contributed by atoms with Gasteiger partial charge in [0.2, 0.25) is 5.91 Å². The molecule has 0 unspecified atom stereocenters. The number of hydrogen-bond donors (Lipinski definition) is 0. The quantitative estimate of drug-likeness (QED) is 0.469. The molecule has 0 spiro atoms. The maximum Gasteiger partial charge on any atom is 0.269 e. The number of carbonyl (C=O) groups is 1. The summed E-state index contributed by atoms with van der Waals surface area (Å²) >= 11 is 0. The van der Waals surface area contributed by atoms with Gasteiger partial charge in [0, 0.05) is 63.3 Å².